The first-order chi connectivity index (χ1) is 4.83. The molecule has 0 saturated carbocycles. The first-order valence-corrected chi connectivity index (χ1v) is 3.90. The van der Waals surface area contributed by atoms with Gasteiger partial charge in [-0.1, -0.05) is 0 Å². The average molecular weight is 217 g/mol. The van der Waals surface area contributed by atoms with Crippen LogP contribution in [0.2, 0.25) is 5.02 Å². The van der Waals surface area contributed by atoms with Crippen LogP contribution < -0.4 is 0 Å². The van der Waals surface area contributed by atoms with Crippen molar-refractivity contribution in [2.75, 3.05) is 0 Å². The second-order valence-electron chi connectivity index (χ2n) is 1.68. The van der Waals surface area contributed by atoms with Gasteiger partial charge in [-0.25, -0.2) is 0 Å². The van der Waals surface area contributed by atoms with Gasteiger partial charge < -0.3 is 0 Å². The van der Waals surface area contributed by atoms with Crippen molar-refractivity contribution in [3.05, 3.63) is 29.3 Å². The zero-order valence-electron chi connectivity index (χ0n) is 5.04. The first-order valence-electron chi connectivity index (χ1n) is 2.66. The Bertz CT molecular complexity index is 279. The zero-order chi connectivity index (χ0) is 7.40. The quantitative estimate of drug-likeness (QED) is 0.503. The van der Waals surface area contributed by atoms with Crippen LogP contribution in [-0.4, -0.2) is 20.3 Å². The number of benzene rings is 1. The number of aliphatic imine (C=N–C) groups is 1. The molecule has 10 heavy (non-hydrogen) atoms. The minimum absolute atomic E-state index is 0.691. The molecule has 0 N–H and O–H groups in total. The van der Waals surface area contributed by atoms with Gasteiger partial charge in [-0.05, 0) is 0 Å². The summed E-state index contributed by atoms with van der Waals surface area (Å²) in [6, 6.07) is 7.28. The van der Waals surface area contributed by atoms with E-state index in [2.05, 4.69) is 25.3 Å². The number of nitrogens with zero attached hydrogens (tertiary/aromatic N) is 1. The topological polar surface area (TPSA) is 12.4 Å². The third kappa shape index (κ3) is 2.09. The van der Waals surface area contributed by atoms with Gasteiger partial charge in [0.1, 0.15) is 0 Å². The van der Waals surface area contributed by atoms with Crippen LogP contribution in [-0.2, 0) is 0 Å². The SMILES string of the molecule is Clc1cccc(N=C=[Se])c1. The Hall–Kier alpha value is -0.391. The van der Waals surface area contributed by atoms with E-state index in [0.717, 1.165) is 5.69 Å². The van der Waals surface area contributed by atoms with E-state index in [1.807, 2.05) is 12.1 Å². The van der Waals surface area contributed by atoms with Crippen molar-refractivity contribution < 1.29 is 0 Å². The number of hydrogen-bond donors (Lipinski definition) is 0. The van der Waals surface area contributed by atoms with Crippen molar-refractivity contribution in [2.45, 2.75) is 0 Å². The maximum absolute atomic E-state index is 5.68. The van der Waals surface area contributed by atoms with Crippen LogP contribution in [0.5, 0.6) is 0 Å². The molecule has 1 aromatic carbocycles. The Morgan fingerprint density at radius 3 is 2.90 bits per heavy atom. The molecular weight excluding hydrogens is 212 g/mol. The molecule has 0 radical (unpaired) electrons. The Morgan fingerprint density at radius 2 is 2.30 bits per heavy atom. The second-order valence-corrected chi connectivity index (χ2v) is 2.50. The molecular formula is C7H4ClNSe. The van der Waals surface area contributed by atoms with Gasteiger partial charge in [-0.3, -0.25) is 0 Å². The van der Waals surface area contributed by atoms with E-state index in [-0.39, 0.29) is 0 Å². The third-order valence-electron chi connectivity index (χ3n) is 0.983. The van der Waals surface area contributed by atoms with Crippen LogP contribution in [0.4, 0.5) is 5.69 Å². The fourth-order valence-electron chi connectivity index (χ4n) is 0.598. The van der Waals surface area contributed by atoms with Gasteiger partial charge in [0, 0.05) is 0 Å². The van der Waals surface area contributed by atoms with Gasteiger partial charge in [0.15, 0.2) is 0 Å². The van der Waals surface area contributed by atoms with Gasteiger partial charge in [0.05, 0.1) is 0 Å². The molecule has 0 atom stereocenters. The van der Waals surface area contributed by atoms with E-state index >= 15 is 0 Å². The summed E-state index contributed by atoms with van der Waals surface area (Å²) in [5, 5.41) is 0.691. The summed E-state index contributed by atoms with van der Waals surface area (Å²) in [7, 11) is 0. The standard InChI is InChI=1S/C7H4ClNSe/c8-6-2-1-3-7(4-6)9-5-10/h1-4H. The summed E-state index contributed by atoms with van der Waals surface area (Å²) in [5.41, 5.74) is 0.811. The normalized spacial score (nSPS) is 8.50. The molecule has 0 fully saturated rings. The monoisotopic (exact) mass is 217 g/mol. The Kier molecular flexibility index (Phi) is 2.85. The Morgan fingerprint density at radius 1 is 1.50 bits per heavy atom. The van der Waals surface area contributed by atoms with E-state index in [0.29, 0.717) is 5.02 Å². The van der Waals surface area contributed by atoms with Crippen molar-refractivity contribution in [2.24, 2.45) is 4.99 Å². The van der Waals surface area contributed by atoms with Gasteiger partial charge in [0.2, 0.25) is 0 Å². The molecule has 0 saturated heterocycles. The van der Waals surface area contributed by atoms with Crippen LogP contribution in [0.15, 0.2) is 29.3 Å². The van der Waals surface area contributed by atoms with E-state index < -0.39 is 0 Å². The molecule has 0 aliphatic carbocycles. The van der Waals surface area contributed by atoms with E-state index in [9.17, 15) is 0 Å². The van der Waals surface area contributed by atoms with Gasteiger partial charge in [-0.2, -0.15) is 0 Å². The van der Waals surface area contributed by atoms with Crippen molar-refractivity contribution in [1.82, 2.24) is 0 Å². The third-order valence-corrected chi connectivity index (χ3v) is 1.41. The molecule has 0 aliphatic heterocycles. The van der Waals surface area contributed by atoms with E-state index in [1.165, 1.54) is 0 Å². The predicted molar refractivity (Wildman–Crippen MR) is 44.3 cm³/mol. The number of rotatable bonds is 1. The van der Waals surface area contributed by atoms with Crippen LogP contribution in [0.25, 0.3) is 0 Å². The van der Waals surface area contributed by atoms with E-state index in [1.54, 1.807) is 12.1 Å². The summed E-state index contributed by atoms with van der Waals surface area (Å²) in [6.07, 6.45) is 0. The molecule has 0 aromatic heterocycles. The van der Waals surface area contributed by atoms with Crippen LogP contribution in [0.1, 0.15) is 0 Å². The molecule has 0 unspecified atom stereocenters. The van der Waals surface area contributed by atoms with Crippen molar-refractivity contribution in [3.8, 4) is 0 Å². The predicted octanol–water partition coefficient (Wildman–Crippen LogP) is 2.05. The fourth-order valence-corrected chi connectivity index (χ4v) is 1.00. The molecule has 0 bridgehead atoms. The first kappa shape index (κ1) is 7.71. The van der Waals surface area contributed by atoms with E-state index in [4.69, 9.17) is 11.6 Å². The van der Waals surface area contributed by atoms with Crippen LogP contribution >= 0.6 is 11.6 Å². The molecule has 50 valence electrons. The second kappa shape index (κ2) is 3.70. The van der Waals surface area contributed by atoms with Gasteiger partial charge in [-0.15, -0.1) is 0 Å². The molecule has 1 aromatic rings. The van der Waals surface area contributed by atoms with Gasteiger partial charge >= 0.3 is 71.9 Å². The molecule has 1 nitrogen and oxygen atoms in total. The number of halogens is 1. The zero-order valence-corrected chi connectivity index (χ0v) is 7.51. The average Bonchev–Trinajstić information content (AvgIpc) is 1.88. The van der Waals surface area contributed by atoms with Crippen LogP contribution in [0.3, 0.4) is 0 Å². The fraction of sp³-hybridized carbons (Fsp3) is 0. The maximum atomic E-state index is 5.68. The summed E-state index contributed by atoms with van der Waals surface area (Å²) < 4.78 is 2.55. The van der Waals surface area contributed by atoms with Crippen molar-refractivity contribution in [1.29, 1.82) is 0 Å². The molecule has 1 rings (SSSR count). The molecule has 3 heteroatoms. The Labute approximate surface area is 72.1 Å². The molecule has 0 heterocycles. The number of hydrogen-bond acceptors (Lipinski definition) is 1. The molecule has 0 aliphatic rings. The summed E-state index contributed by atoms with van der Waals surface area (Å²) in [6.45, 7) is 0. The Balaban J connectivity index is 3.06. The van der Waals surface area contributed by atoms with Crippen molar-refractivity contribution >= 4 is 37.6 Å². The molecule has 0 spiro atoms. The summed E-state index contributed by atoms with van der Waals surface area (Å²) >= 11 is 8.23. The van der Waals surface area contributed by atoms with Crippen molar-refractivity contribution in [3.63, 3.8) is 0 Å². The summed E-state index contributed by atoms with van der Waals surface area (Å²) in [4.78, 5) is 3.88. The molecule has 0 amide bonds. The van der Waals surface area contributed by atoms with Crippen LogP contribution in [0, 0.1) is 0 Å². The minimum atomic E-state index is 0.691. The van der Waals surface area contributed by atoms with Gasteiger partial charge in [0.25, 0.3) is 0 Å². The summed E-state index contributed by atoms with van der Waals surface area (Å²) in [5.74, 6) is 0.